The Kier molecular flexibility index (Phi) is 4.07. The van der Waals surface area contributed by atoms with Crippen molar-refractivity contribution in [2.24, 2.45) is 5.73 Å². The maximum atomic E-state index is 5.58. The molecular formula is C12H12CdN-. The molecule has 0 aliphatic carbocycles. The van der Waals surface area contributed by atoms with Gasteiger partial charge in [0.1, 0.15) is 0 Å². The number of hydrogen-bond donors (Lipinski definition) is 1. The number of hydrogen-bond acceptors (Lipinski definition) is 1. The molecule has 2 aromatic rings. The number of nitrogens with two attached hydrogens (primary N) is 1. The average Bonchev–Trinajstić information content (AvgIpc) is 2.18. The smallest absolute Gasteiger partial charge is 0.000593 e. The Balaban J connectivity index is 0.000000980. The minimum atomic E-state index is 0. The van der Waals surface area contributed by atoms with Gasteiger partial charge in [-0.15, -0.1) is 46.2 Å². The van der Waals surface area contributed by atoms with Crippen molar-refractivity contribution >= 4 is 10.8 Å². The summed E-state index contributed by atoms with van der Waals surface area (Å²) in [4.78, 5) is 0. The van der Waals surface area contributed by atoms with E-state index in [1.54, 1.807) is 0 Å². The van der Waals surface area contributed by atoms with E-state index in [1.807, 2.05) is 12.1 Å². The van der Waals surface area contributed by atoms with Crippen LogP contribution in [0.5, 0.6) is 0 Å². The van der Waals surface area contributed by atoms with Crippen LogP contribution in [0.2, 0.25) is 0 Å². The quantitative estimate of drug-likeness (QED) is 0.631. The van der Waals surface area contributed by atoms with Gasteiger partial charge in [-0.05, 0) is 0 Å². The molecule has 0 aliphatic rings. The Hall–Kier alpha value is -0.418. The summed E-state index contributed by atoms with van der Waals surface area (Å²) >= 11 is 0. The molecule has 0 radical (unpaired) electrons. The molecule has 0 atom stereocenters. The molecule has 0 aliphatic heterocycles. The van der Waals surface area contributed by atoms with Crippen LogP contribution in [0.15, 0.2) is 30.3 Å². The van der Waals surface area contributed by atoms with E-state index in [0.29, 0.717) is 6.54 Å². The maximum absolute atomic E-state index is 5.58. The SMILES string of the molecule is Cc1cc(CN)[c-]c2ccccc12.[Cd]. The molecule has 2 N–H and O–H groups in total. The van der Waals surface area contributed by atoms with Gasteiger partial charge in [-0.2, -0.15) is 0 Å². The van der Waals surface area contributed by atoms with Crippen molar-refractivity contribution in [1.82, 2.24) is 0 Å². The van der Waals surface area contributed by atoms with Crippen LogP contribution in [-0.2, 0) is 33.8 Å². The van der Waals surface area contributed by atoms with Gasteiger partial charge in [-0.3, -0.25) is 0 Å². The van der Waals surface area contributed by atoms with Crippen molar-refractivity contribution in [3.8, 4) is 0 Å². The minimum absolute atomic E-state index is 0. The zero-order valence-corrected chi connectivity index (χ0v) is 12.4. The average molecular weight is 283 g/mol. The summed E-state index contributed by atoms with van der Waals surface area (Å²) in [6.45, 7) is 2.67. The van der Waals surface area contributed by atoms with Gasteiger partial charge in [0.25, 0.3) is 0 Å². The fraction of sp³-hybridized carbons (Fsp3) is 0.167. The second-order valence-corrected chi connectivity index (χ2v) is 3.23. The Bertz CT molecular complexity index is 437. The van der Waals surface area contributed by atoms with Crippen molar-refractivity contribution < 1.29 is 27.3 Å². The number of fused-ring (bicyclic) bond motifs is 1. The molecule has 0 unspecified atom stereocenters. The molecule has 68 valence electrons. The molecule has 0 saturated carbocycles. The van der Waals surface area contributed by atoms with Crippen molar-refractivity contribution in [2.75, 3.05) is 0 Å². The van der Waals surface area contributed by atoms with Crippen LogP contribution in [0.25, 0.3) is 10.8 Å². The van der Waals surface area contributed by atoms with Gasteiger partial charge in [0.05, 0.1) is 0 Å². The monoisotopic (exact) mass is 284 g/mol. The first-order chi connectivity index (χ1) is 6.31. The topological polar surface area (TPSA) is 26.0 Å². The van der Waals surface area contributed by atoms with E-state index in [0.717, 1.165) is 10.9 Å². The maximum Gasteiger partial charge on any atom is 0.000593 e. The fourth-order valence-corrected chi connectivity index (χ4v) is 1.59. The van der Waals surface area contributed by atoms with Gasteiger partial charge in [-0.25, -0.2) is 0 Å². The molecule has 2 heteroatoms. The van der Waals surface area contributed by atoms with Gasteiger partial charge in [0, 0.05) is 33.8 Å². The molecule has 0 saturated heterocycles. The van der Waals surface area contributed by atoms with Gasteiger partial charge >= 0.3 is 0 Å². The normalized spacial score (nSPS) is 9.86. The van der Waals surface area contributed by atoms with Crippen molar-refractivity contribution in [3.05, 3.63) is 47.5 Å². The van der Waals surface area contributed by atoms with E-state index in [1.165, 1.54) is 10.9 Å². The molecule has 1 nitrogen and oxygen atoms in total. The predicted molar refractivity (Wildman–Crippen MR) is 55.4 cm³/mol. The molecule has 0 fully saturated rings. The standard InChI is InChI=1S/C12H12N.Cd/c1-9-6-10(8-13)7-11-4-2-3-5-12(9)11;/h2-6H,8,13H2,1H3;/q-1;. The molecule has 0 amide bonds. The zero-order chi connectivity index (χ0) is 9.26. The Labute approximate surface area is 104 Å². The zero-order valence-electron chi connectivity index (χ0n) is 8.38. The first-order valence-electron chi connectivity index (χ1n) is 4.42. The van der Waals surface area contributed by atoms with Gasteiger partial charge in [0.15, 0.2) is 0 Å². The van der Waals surface area contributed by atoms with E-state index in [2.05, 4.69) is 31.2 Å². The number of aryl methyl sites for hydroxylation is 1. The molecule has 0 heterocycles. The molecule has 14 heavy (non-hydrogen) atoms. The van der Waals surface area contributed by atoms with Crippen molar-refractivity contribution in [2.45, 2.75) is 13.5 Å². The summed E-state index contributed by atoms with van der Waals surface area (Å²) in [7, 11) is 0. The van der Waals surface area contributed by atoms with Crippen LogP contribution in [-0.4, -0.2) is 0 Å². The largest absolute Gasteiger partial charge is 0.328 e. The Morgan fingerprint density at radius 2 is 2.00 bits per heavy atom. The summed E-state index contributed by atoms with van der Waals surface area (Å²) in [5.74, 6) is 0. The van der Waals surface area contributed by atoms with E-state index in [4.69, 9.17) is 5.73 Å². The second-order valence-electron chi connectivity index (χ2n) is 3.23. The molecule has 0 aromatic heterocycles. The summed E-state index contributed by atoms with van der Waals surface area (Å²) in [6, 6.07) is 13.6. The third kappa shape index (κ3) is 2.15. The van der Waals surface area contributed by atoms with Crippen LogP contribution in [0.3, 0.4) is 0 Å². The predicted octanol–water partition coefficient (Wildman–Crippen LogP) is 2.40. The van der Waals surface area contributed by atoms with Gasteiger partial charge in [-0.1, -0.05) is 19.1 Å². The first kappa shape index (κ1) is 11.7. The van der Waals surface area contributed by atoms with Gasteiger partial charge < -0.3 is 5.73 Å². The summed E-state index contributed by atoms with van der Waals surface area (Å²) < 4.78 is 0. The van der Waals surface area contributed by atoms with Crippen LogP contribution in [0.1, 0.15) is 11.1 Å². The van der Waals surface area contributed by atoms with Crippen LogP contribution < -0.4 is 5.73 Å². The van der Waals surface area contributed by atoms with Crippen LogP contribution in [0, 0.1) is 13.0 Å². The van der Waals surface area contributed by atoms with E-state index < -0.39 is 0 Å². The summed E-state index contributed by atoms with van der Waals surface area (Å²) in [5, 5.41) is 2.42. The second kappa shape index (κ2) is 4.89. The fourth-order valence-electron chi connectivity index (χ4n) is 1.59. The first-order valence-corrected chi connectivity index (χ1v) is 4.42. The van der Waals surface area contributed by atoms with Crippen molar-refractivity contribution in [3.63, 3.8) is 0 Å². The third-order valence-corrected chi connectivity index (χ3v) is 2.26. The summed E-state index contributed by atoms with van der Waals surface area (Å²) in [5.41, 5.74) is 7.93. The van der Waals surface area contributed by atoms with Crippen molar-refractivity contribution in [1.29, 1.82) is 0 Å². The van der Waals surface area contributed by atoms with E-state index in [-0.39, 0.29) is 27.3 Å². The minimum Gasteiger partial charge on any atom is -0.328 e. The Morgan fingerprint density at radius 1 is 1.29 bits per heavy atom. The molecule has 2 rings (SSSR count). The summed E-state index contributed by atoms with van der Waals surface area (Å²) in [6.07, 6.45) is 0. The number of rotatable bonds is 1. The third-order valence-electron chi connectivity index (χ3n) is 2.26. The van der Waals surface area contributed by atoms with Crippen LogP contribution in [0.4, 0.5) is 0 Å². The van der Waals surface area contributed by atoms with Crippen LogP contribution >= 0.6 is 0 Å². The molecule has 0 bridgehead atoms. The number of benzene rings is 2. The molecule has 0 spiro atoms. The molecule has 2 aromatic carbocycles. The van der Waals surface area contributed by atoms with E-state index in [9.17, 15) is 0 Å². The van der Waals surface area contributed by atoms with E-state index >= 15 is 0 Å². The molecular weight excluding hydrogens is 271 g/mol. The van der Waals surface area contributed by atoms with Gasteiger partial charge in [0.2, 0.25) is 0 Å². The Morgan fingerprint density at radius 3 is 2.71 bits per heavy atom.